The Kier molecular flexibility index (Phi) is 10.5. The second kappa shape index (κ2) is 17.5. The van der Waals surface area contributed by atoms with Crippen LogP contribution >= 0.6 is 0 Å². The van der Waals surface area contributed by atoms with E-state index in [0.29, 0.717) is 40.5 Å². The Balaban J connectivity index is 1.04. The molecule has 0 bridgehead atoms. The number of nitrogens with zero attached hydrogens (tertiary/aromatic N) is 7. The van der Waals surface area contributed by atoms with E-state index in [1.54, 1.807) is 0 Å². The van der Waals surface area contributed by atoms with Gasteiger partial charge in [-0.25, -0.2) is 29.9 Å². The molecule has 0 N–H and O–H groups in total. The van der Waals surface area contributed by atoms with E-state index in [1.165, 1.54) is 0 Å². The van der Waals surface area contributed by atoms with E-state index in [4.69, 9.17) is 29.9 Å². The number of hydrogen-bond acceptors (Lipinski definition) is 7. The molecule has 0 unspecified atom stereocenters. The maximum atomic E-state index is 9.83. The van der Waals surface area contributed by atoms with Gasteiger partial charge in [0.25, 0.3) is 0 Å². The number of aromatic nitrogens is 6. The largest absolute Gasteiger partial charge is 0.208 e. The van der Waals surface area contributed by atoms with Crippen molar-refractivity contribution in [2.75, 3.05) is 0 Å². The molecule has 0 aliphatic carbocycles. The Morgan fingerprint density at radius 3 is 1.14 bits per heavy atom. The SMILES string of the molecule is N#Cc1ccc(-c2cccc(-c3nc(-c4ccccc4)nc(-c4ccc(-c5cccc(-c6ccccc6)c5-c5nc(-c6ccccc6)nc(-c6ccccc6)n5)cc4)n3)c2)c2ccccc12. The summed E-state index contributed by atoms with van der Waals surface area (Å²) in [4.78, 5) is 30.6. The predicted octanol–water partition coefficient (Wildman–Crippen LogP) is 14.1. The quantitative estimate of drug-likeness (QED) is 0.143. The highest BCUT2D eigenvalue weighted by Crippen LogP contribution is 2.41. The molecule has 0 aliphatic heterocycles. The zero-order chi connectivity index (χ0) is 44.2. The van der Waals surface area contributed by atoms with Crippen molar-refractivity contribution in [3.63, 3.8) is 0 Å². The van der Waals surface area contributed by atoms with Crippen molar-refractivity contribution >= 4 is 10.8 Å². The molecule has 11 rings (SSSR count). The molecule has 9 aromatic carbocycles. The average Bonchev–Trinajstić information content (AvgIpc) is 3.41. The van der Waals surface area contributed by atoms with Gasteiger partial charge < -0.3 is 0 Å². The fourth-order valence-electron chi connectivity index (χ4n) is 8.44. The van der Waals surface area contributed by atoms with Crippen molar-refractivity contribution in [1.29, 1.82) is 5.26 Å². The van der Waals surface area contributed by atoms with Crippen LogP contribution in [0.15, 0.2) is 224 Å². The Morgan fingerprint density at radius 2 is 0.621 bits per heavy atom. The second-order valence-electron chi connectivity index (χ2n) is 15.8. The Morgan fingerprint density at radius 1 is 0.258 bits per heavy atom. The van der Waals surface area contributed by atoms with Gasteiger partial charge in [-0.05, 0) is 50.9 Å². The molecule has 0 aliphatic rings. The lowest BCUT2D eigenvalue weighted by Crippen LogP contribution is -2.02. The molecule has 0 saturated carbocycles. The lowest BCUT2D eigenvalue weighted by atomic mass is 9.90. The van der Waals surface area contributed by atoms with Gasteiger partial charge in [-0.15, -0.1) is 0 Å². The molecular weight excluding hydrogens is 807 g/mol. The number of rotatable bonds is 9. The monoisotopic (exact) mass is 843 g/mol. The summed E-state index contributed by atoms with van der Waals surface area (Å²) in [6.07, 6.45) is 0. The number of nitriles is 1. The molecule has 308 valence electrons. The van der Waals surface area contributed by atoms with Gasteiger partial charge in [0.2, 0.25) is 0 Å². The summed E-state index contributed by atoms with van der Waals surface area (Å²) in [5.74, 6) is 3.45. The van der Waals surface area contributed by atoms with Gasteiger partial charge in [-0.1, -0.05) is 212 Å². The number of hydrogen-bond donors (Lipinski definition) is 0. The van der Waals surface area contributed by atoms with Crippen LogP contribution < -0.4 is 0 Å². The highest BCUT2D eigenvalue weighted by molar-refractivity contribution is 6.00. The van der Waals surface area contributed by atoms with Crippen molar-refractivity contribution in [3.05, 3.63) is 230 Å². The molecular formula is C59H37N7. The molecule has 0 fully saturated rings. The molecule has 66 heavy (non-hydrogen) atoms. The van der Waals surface area contributed by atoms with Gasteiger partial charge in [-0.3, -0.25) is 0 Å². The van der Waals surface area contributed by atoms with E-state index in [2.05, 4.69) is 91.0 Å². The molecule has 7 nitrogen and oxygen atoms in total. The summed E-state index contributed by atoms with van der Waals surface area (Å²) >= 11 is 0. The summed E-state index contributed by atoms with van der Waals surface area (Å²) in [5, 5.41) is 11.8. The molecule has 0 atom stereocenters. The smallest absolute Gasteiger partial charge is 0.165 e. The molecule has 0 spiro atoms. The van der Waals surface area contributed by atoms with Crippen LogP contribution in [0.5, 0.6) is 0 Å². The molecule has 7 heteroatoms. The second-order valence-corrected chi connectivity index (χ2v) is 15.8. The lowest BCUT2D eigenvalue weighted by Gasteiger charge is -2.17. The van der Waals surface area contributed by atoms with Gasteiger partial charge in [0.05, 0.1) is 11.6 Å². The Bertz CT molecular complexity index is 3520. The lowest BCUT2D eigenvalue weighted by molar-refractivity contribution is 1.07. The topological polar surface area (TPSA) is 101 Å². The van der Waals surface area contributed by atoms with Crippen LogP contribution in [0, 0.1) is 11.3 Å². The molecule has 11 aromatic rings. The highest BCUT2D eigenvalue weighted by Gasteiger charge is 2.21. The zero-order valence-electron chi connectivity index (χ0n) is 35.5. The maximum Gasteiger partial charge on any atom is 0.165 e. The maximum absolute atomic E-state index is 9.83. The van der Waals surface area contributed by atoms with Crippen LogP contribution in [0.1, 0.15) is 5.56 Å². The summed E-state index contributed by atoms with van der Waals surface area (Å²) in [6, 6.07) is 77.7. The van der Waals surface area contributed by atoms with Crippen molar-refractivity contribution in [2.24, 2.45) is 0 Å². The summed E-state index contributed by atoms with van der Waals surface area (Å²) in [6.45, 7) is 0. The summed E-state index contributed by atoms with van der Waals surface area (Å²) in [7, 11) is 0. The van der Waals surface area contributed by atoms with E-state index in [0.717, 1.165) is 77.5 Å². The van der Waals surface area contributed by atoms with Crippen LogP contribution in [-0.2, 0) is 0 Å². The van der Waals surface area contributed by atoms with Crippen LogP contribution in [0.4, 0.5) is 0 Å². The first kappa shape index (κ1) is 39.6. The molecule has 2 aromatic heterocycles. The minimum Gasteiger partial charge on any atom is -0.208 e. The van der Waals surface area contributed by atoms with E-state index in [1.807, 2.05) is 140 Å². The third kappa shape index (κ3) is 7.76. The van der Waals surface area contributed by atoms with Crippen LogP contribution in [0.25, 0.3) is 112 Å². The van der Waals surface area contributed by atoms with Crippen LogP contribution in [0.2, 0.25) is 0 Å². The van der Waals surface area contributed by atoms with Crippen molar-refractivity contribution < 1.29 is 0 Å². The predicted molar refractivity (Wildman–Crippen MR) is 264 cm³/mol. The molecule has 0 amide bonds. The Labute approximate surface area is 382 Å². The molecule has 0 radical (unpaired) electrons. The number of benzene rings is 9. The van der Waals surface area contributed by atoms with Gasteiger partial charge in [0.15, 0.2) is 34.9 Å². The first-order chi connectivity index (χ1) is 32.7. The van der Waals surface area contributed by atoms with E-state index in [9.17, 15) is 5.26 Å². The zero-order valence-corrected chi connectivity index (χ0v) is 35.5. The van der Waals surface area contributed by atoms with Crippen molar-refractivity contribution in [1.82, 2.24) is 29.9 Å². The molecule has 0 saturated heterocycles. The van der Waals surface area contributed by atoms with Gasteiger partial charge in [-0.2, -0.15) is 5.26 Å². The highest BCUT2D eigenvalue weighted by atomic mass is 15.0. The minimum absolute atomic E-state index is 0.551. The first-order valence-electron chi connectivity index (χ1n) is 21.7. The molecule has 2 heterocycles. The standard InChI is InChI=1S/C59H37N7/c60-38-47-35-36-49(52-28-14-13-27-48(47)52)45-25-15-26-46(37-45)58-63-54(41-19-7-2-8-20-41)61-57(64-58)44-33-31-40(32-34-44)51-30-16-29-50(39-17-5-1-6-18-39)53(51)59-65-55(42-21-9-3-10-22-42)62-56(66-59)43-23-11-4-12-24-43/h1-37H. The average molecular weight is 844 g/mol. The minimum atomic E-state index is 0.551. The fourth-order valence-corrected chi connectivity index (χ4v) is 8.44. The normalized spacial score (nSPS) is 11.0. The van der Waals surface area contributed by atoms with E-state index < -0.39 is 0 Å². The van der Waals surface area contributed by atoms with Gasteiger partial charge in [0.1, 0.15) is 0 Å². The van der Waals surface area contributed by atoms with Crippen molar-refractivity contribution in [3.8, 4) is 108 Å². The third-order valence-corrected chi connectivity index (χ3v) is 11.7. The van der Waals surface area contributed by atoms with Crippen LogP contribution in [-0.4, -0.2) is 29.9 Å². The summed E-state index contributed by atoms with van der Waals surface area (Å²) in [5.41, 5.74) is 12.0. The van der Waals surface area contributed by atoms with Crippen molar-refractivity contribution in [2.45, 2.75) is 0 Å². The van der Waals surface area contributed by atoms with Crippen LogP contribution in [0.3, 0.4) is 0 Å². The summed E-state index contributed by atoms with van der Waals surface area (Å²) < 4.78 is 0. The Hall–Kier alpha value is -9.25. The first-order valence-corrected chi connectivity index (χ1v) is 21.7. The number of fused-ring (bicyclic) bond motifs is 1. The fraction of sp³-hybridized carbons (Fsp3) is 0. The third-order valence-electron chi connectivity index (χ3n) is 11.7. The van der Waals surface area contributed by atoms with E-state index >= 15 is 0 Å². The van der Waals surface area contributed by atoms with E-state index in [-0.39, 0.29) is 0 Å². The van der Waals surface area contributed by atoms with Gasteiger partial charge >= 0.3 is 0 Å². The van der Waals surface area contributed by atoms with Gasteiger partial charge in [0, 0.05) is 38.8 Å².